The first-order chi connectivity index (χ1) is 8.29. The fraction of sp³-hybridized carbons (Fsp3) is 0.143. The number of fused-ring (bicyclic) bond motifs is 2. The fourth-order valence-electron chi connectivity index (χ4n) is 2.24. The highest BCUT2D eigenvalue weighted by atomic mass is 35.5. The van der Waals surface area contributed by atoms with Crippen molar-refractivity contribution in [3.05, 3.63) is 58.0 Å². The Hall–Kier alpha value is -1.51. The van der Waals surface area contributed by atoms with Crippen molar-refractivity contribution in [3.63, 3.8) is 0 Å². The smallest absolute Gasteiger partial charge is 0.142 e. The Balaban J connectivity index is 2.41. The normalized spacial score (nSPS) is 20.9. The van der Waals surface area contributed by atoms with Crippen LogP contribution < -0.4 is 16.2 Å². The van der Waals surface area contributed by atoms with Crippen LogP contribution in [0.25, 0.3) is 11.3 Å². The molecule has 1 atom stereocenters. The Labute approximate surface area is 104 Å². The molecule has 1 aromatic carbocycles. The second-order valence-electron chi connectivity index (χ2n) is 4.06. The number of nitrogens with two attached hydrogens (primary N) is 1. The molecule has 0 spiro atoms. The summed E-state index contributed by atoms with van der Waals surface area (Å²) in [6.07, 6.45) is 8.09. The number of allylic oxidation sites excluding steroid dienone is 2. The van der Waals surface area contributed by atoms with Gasteiger partial charge in [-0.2, -0.15) is 0 Å². The first-order valence-corrected chi connectivity index (χ1v) is 5.92. The monoisotopic (exact) mass is 245 g/mol. The maximum Gasteiger partial charge on any atom is 0.142 e. The second-order valence-corrected chi connectivity index (χ2v) is 4.49. The van der Waals surface area contributed by atoms with E-state index in [4.69, 9.17) is 22.1 Å². The van der Waals surface area contributed by atoms with Gasteiger partial charge in [-0.25, -0.2) is 0 Å². The number of benzene rings is 1. The Kier molecular flexibility index (Phi) is 2.54. The summed E-state index contributed by atoms with van der Waals surface area (Å²) < 4.78 is 5.88. The lowest BCUT2D eigenvalue weighted by Crippen LogP contribution is -2.40. The van der Waals surface area contributed by atoms with Gasteiger partial charge in [-0.1, -0.05) is 35.9 Å². The van der Waals surface area contributed by atoms with Gasteiger partial charge in [0.2, 0.25) is 0 Å². The minimum atomic E-state index is -0.0211. The van der Waals surface area contributed by atoms with Crippen LogP contribution >= 0.6 is 11.6 Å². The third-order valence-corrected chi connectivity index (χ3v) is 3.26. The van der Waals surface area contributed by atoms with Crippen LogP contribution in [0.3, 0.4) is 0 Å². The molecule has 1 aliphatic heterocycles. The van der Waals surface area contributed by atoms with E-state index < -0.39 is 0 Å². The zero-order valence-electron chi connectivity index (χ0n) is 9.19. The molecule has 2 nitrogen and oxygen atoms in total. The Morgan fingerprint density at radius 1 is 1.24 bits per heavy atom. The minimum Gasteiger partial charge on any atom is -0.484 e. The zero-order chi connectivity index (χ0) is 11.8. The molecule has 0 amide bonds. The molecule has 2 aliphatic rings. The van der Waals surface area contributed by atoms with E-state index in [-0.39, 0.29) is 6.10 Å². The van der Waals surface area contributed by atoms with E-state index in [1.807, 2.05) is 36.4 Å². The van der Waals surface area contributed by atoms with Crippen LogP contribution in [0.1, 0.15) is 0 Å². The Morgan fingerprint density at radius 2 is 2.12 bits per heavy atom. The molecule has 2 N–H and O–H groups in total. The summed E-state index contributed by atoms with van der Waals surface area (Å²) in [4.78, 5) is 0. The lowest BCUT2D eigenvalue weighted by atomic mass is 9.98. The van der Waals surface area contributed by atoms with E-state index >= 15 is 0 Å². The van der Waals surface area contributed by atoms with Gasteiger partial charge in [-0.05, 0) is 23.4 Å². The van der Waals surface area contributed by atoms with Crippen molar-refractivity contribution in [2.24, 2.45) is 5.73 Å². The molecule has 0 saturated heterocycles. The summed E-state index contributed by atoms with van der Waals surface area (Å²) >= 11 is 6.02. The van der Waals surface area contributed by atoms with Gasteiger partial charge in [0.05, 0.1) is 6.54 Å². The van der Waals surface area contributed by atoms with E-state index in [2.05, 4.69) is 6.08 Å². The van der Waals surface area contributed by atoms with Gasteiger partial charge in [0.25, 0.3) is 0 Å². The number of ether oxygens (including phenoxy) is 1. The Morgan fingerprint density at radius 3 is 2.94 bits per heavy atom. The topological polar surface area (TPSA) is 35.2 Å². The zero-order valence-corrected chi connectivity index (χ0v) is 9.95. The molecule has 1 aliphatic carbocycles. The van der Waals surface area contributed by atoms with Crippen LogP contribution in [0.4, 0.5) is 0 Å². The van der Waals surface area contributed by atoms with Crippen molar-refractivity contribution < 1.29 is 4.74 Å². The van der Waals surface area contributed by atoms with Gasteiger partial charge >= 0.3 is 0 Å². The van der Waals surface area contributed by atoms with Crippen molar-refractivity contribution in [1.29, 1.82) is 0 Å². The average molecular weight is 246 g/mol. The fourth-order valence-corrected chi connectivity index (χ4v) is 2.41. The molecular formula is C14H12ClNO. The molecule has 17 heavy (non-hydrogen) atoms. The molecule has 1 aromatic rings. The molecule has 0 saturated carbocycles. The first kappa shape index (κ1) is 10.6. The Bertz CT molecular complexity index is 643. The van der Waals surface area contributed by atoms with Gasteiger partial charge in [0.15, 0.2) is 0 Å². The summed E-state index contributed by atoms with van der Waals surface area (Å²) in [5, 5.41) is 2.87. The van der Waals surface area contributed by atoms with Crippen LogP contribution in [0.2, 0.25) is 5.02 Å². The summed E-state index contributed by atoms with van der Waals surface area (Å²) in [5.74, 6) is 0.802. The van der Waals surface area contributed by atoms with Gasteiger partial charge in [-0.15, -0.1) is 0 Å². The molecular weight excluding hydrogens is 234 g/mol. The van der Waals surface area contributed by atoms with E-state index in [9.17, 15) is 0 Å². The lowest BCUT2D eigenvalue weighted by molar-refractivity contribution is 0.248. The average Bonchev–Trinajstić information content (AvgIpc) is 2.37. The predicted octanol–water partition coefficient (Wildman–Crippen LogP) is 1.08. The molecule has 0 aromatic heterocycles. The van der Waals surface area contributed by atoms with E-state index in [1.165, 1.54) is 0 Å². The van der Waals surface area contributed by atoms with Crippen molar-refractivity contribution in [3.8, 4) is 0 Å². The van der Waals surface area contributed by atoms with Gasteiger partial charge in [-0.3, -0.25) is 0 Å². The summed E-state index contributed by atoms with van der Waals surface area (Å²) in [5.41, 5.74) is 6.90. The summed E-state index contributed by atoms with van der Waals surface area (Å²) in [6.45, 7) is 0.384. The highest BCUT2D eigenvalue weighted by Gasteiger charge is 2.20. The van der Waals surface area contributed by atoms with Crippen LogP contribution in [-0.2, 0) is 4.74 Å². The van der Waals surface area contributed by atoms with Gasteiger partial charge in [0.1, 0.15) is 11.9 Å². The van der Waals surface area contributed by atoms with Crippen molar-refractivity contribution in [2.45, 2.75) is 6.10 Å². The van der Waals surface area contributed by atoms with Crippen LogP contribution in [0.15, 0.2) is 42.5 Å². The highest BCUT2D eigenvalue weighted by molar-refractivity contribution is 6.30. The standard InChI is InChI=1S/C14H12ClNO/c15-9-5-6-10-11-3-1-2-4-13(11)17-14(8-16)12(10)7-9/h1-7,13H,8,16H2. The van der Waals surface area contributed by atoms with Crippen molar-refractivity contribution in [1.82, 2.24) is 0 Å². The largest absolute Gasteiger partial charge is 0.484 e. The number of hydrogen-bond donors (Lipinski definition) is 1. The van der Waals surface area contributed by atoms with Crippen molar-refractivity contribution >= 4 is 22.9 Å². The van der Waals surface area contributed by atoms with Crippen LogP contribution in [0, 0.1) is 0 Å². The SMILES string of the molecule is NCC1=c2cc(Cl)ccc2=C2C=CC=CC2O1. The molecule has 1 heterocycles. The molecule has 3 rings (SSSR count). The maximum atomic E-state index is 6.02. The number of rotatable bonds is 1. The summed E-state index contributed by atoms with van der Waals surface area (Å²) in [7, 11) is 0. The number of halogens is 1. The number of hydrogen-bond acceptors (Lipinski definition) is 2. The first-order valence-electron chi connectivity index (χ1n) is 5.54. The van der Waals surface area contributed by atoms with E-state index in [1.54, 1.807) is 0 Å². The second kappa shape index (κ2) is 4.06. The van der Waals surface area contributed by atoms with E-state index in [0.717, 1.165) is 21.8 Å². The molecule has 86 valence electrons. The molecule has 3 heteroatoms. The quantitative estimate of drug-likeness (QED) is 0.804. The molecule has 0 fully saturated rings. The predicted molar refractivity (Wildman–Crippen MR) is 69.7 cm³/mol. The highest BCUT2D eigenvalue weighted by Crippen LogP contribution is 2.20. The lowest BCUT2D eigenvalue weighted by Gasteiger charge is -2.24. The third-order valence-electron chi connectivity index (χ3n) is 3.03. The van der Waals surface area contributed by atoms with Gasteiger partial charge in [0, 0.05) is 15.8 Å². The van der Waals surface area contributed by atoms with Crippen LogP contribution in [-0.4, -0.2) is 12.6 Å². The molecule has 0 bridgehead atoms. The third kappa shape index (κ3) is 1.70. The van der Waals surface area contributed by atoms with Crippen LogP contribution in [0.5, 0.6) is 0 Å². The molecule has 0 radical (unpaired) electrons. The van der Waals surface area contributed by atoms with Crippen molar-refractivity contribution in [2.75, 3.05) is 6.54 Å². The van der Waals surface area contributed by atoms with E-state index in [0.29, 0.717) is 11.6 Å². The minimum absolute atomic E-state index is 0.0211. The van der Waals surface area contributed by atoms with Gasteiger partial charge < -0.3 is 10.5 Å². The summed E-state index contributed by atoms with van der Waals surface area (Å²) in [6, 6.07) is 5.84. The molecule has 1 unspecified atom stereocenters. The maximum absolute atomic E-state index is 6.02.